The summed E-state index contributed by atoms with van der Waals surface area (Å²) in [5, 5.41) is 8.46. The molecule has 0 rings (SSSR count). The molecule has 0 spiro atoms. The monoisotopic (exact) mass is 161 g/mol. The predicted molar refractivity (Wildman–Crippen MR) is 40.9 cm³/mol. The van der Waals surface area contributed by atoms with Gasteiger partial charge in [0.2, 0.25) is 0 Å². The van der Waals surface area contributed by atoms with Crippen molar-refractivity contribution < 1.29 is 14.6 Å². The molecule has 0 aliphatic carbocycles. The summed E-state index contributed by atoms with van der Waals surface area (Å²) >= 11 is 0. The molecule has 0 bridgehead atoms. The van der Waals surface area contributed by atoms with Crippen LogP contribution in [0, 0.1) is 0 Å². The van der Waals surface area contributed by atoms with Crippen LogP contribution in [0.5, 0.6) is 0 Å². The summed E-state index contributed by atoms with van der Waals surface area (Å²) in [6.07, 6.45) is 0.629. The van der Waals surface area contributed by atoms with E-state index in [1.807, 2.05) is 6.92 Å². The van der Waals surface area contributed by atoms with Crippen molar-refractivity contribution >= 4 is 5.97 Å². The number of aliphatic hydroxyl groups excluding tert-OH is 1. The van der Waals surface area contributed by atoms with Gasteiger partial charge in [-0.1, -0.05) is 6.92 Å². The SMILES string of the molecule is CC[C@@H](C)OC(=O)[C@H](N)CO. The largest absolute Gasteiger partial charge is 0.461 e. The van der Waals surface area contributed by atoms with E-state index in [1.54, 1.807) is 6.92 Å². The number of ether oxygens (including phenoxy) is 1. The van der Waals surface area contributed by atoms with Gasteiger partial charge in [-0.3, -0.25) is 4.79 Å². The summed E-state index contributed by atoms with van der Waals surface area (Å²) < 4.78 is 4.83. The summed E-state index contributed by atoms with van der Waals surface area (Å²) in [7, 11) is 0. The van der Waals surface area contributed by atoms with Crippen molar-refractivity contribution in [3.63, 3.8) is 0 Å². The van der Waals surface area contributed by atoms with Crippen molar-refractivity contribution in [3.05, 3.63) is 0 Å². The molecular weight excluding hydrogens is 146 g/mol. The van der Waals surface area contributed by atoms with Crippen LogP contribution >= 0.6 is 0 Å². The molecule has 0 aliphatic rings. The van der Waals surface area contributed by atoms with Gasteiger partial charge in [-0.05, 0) is 13.3 Å². The molecule has 0 radical (unpaired) electrons. The molecule has 0 aromatic rings. The Kier molecular flexibility index (Phi) is 4.81. The lowest BCUT2D eigenvalue weighted by Gasteiger charge is -2.13. The Hall–Kier alpha value is -0.610. The highest BCUT2D eigenvalue weighted by Gasteiger charge is 2.15. The normalized spacial score (nSPS) is 15.6. The summed E-state index contributed by atoms with van der Waals surface area (Å²) in [5.41, 5.74) is 5.19. The molecule has 2 atom stereocenters. The van der Waals surface area contributed by atoms with E-state index < -0.39 is 12.0 Å². The number of nitrogens with two attached hydrogens (primary N) is 1. The Morgan fingerprint density at radius 1 is 1.73 bits per heavy atom. The van der Waals surface area contributed by atoms with Crippen LogP contribution < -0.4 is 5.73 Å². The second-order valence-corrected chi connectivity index (χ2v) is 2.44. The fourth-order valence-corrected chi connectivity index (χ4v) is 0.444. The first kappa shape index (κ1) is 10.4. The lowest BCUT2D eigenvalue weighted by Crippen LogP contribution is -2.37. The van der Waals surface area contributed by atoms with Crippen LogP contribution in [0.2, 0.25) is 0 Å². The fourth-order valence-electron chi connectivity index (χ4n) is 0.444. The Labute approximate surface area is 66.3 Å². The topological polar surface area (TPSA) is 72.5 Å². The van der Waals surface area contributed by atoms with E-state index >= 15 is 0 Å². The van der Waals surface area contributed by atoms with Crippen LogP contribution in [0.25, 0.3) is 0 Å². The van der Waals surface area contributed by atoms with E-state index in [1.165, 1.54) is 0 Å². The second kappa shape index (κ2) is 5.09. The van der Waals surface area contributed by atoms with Crippen LogP contribution in [0.3, 0.4) is 0 Å². The van der Waals surface area contributed by atoms with Crippen LogP contribution in [0.15, 0.2) is 0 Å². The minimum absolute atomic E-state index is 0.125. The average molecular weight is 161 g/mol. The summed E-state index contributed by atoms with van der Waals surface area (Å²) in [4.78, 5) is 10.8. The van der Waals surface area contributed by atoms with Crippen LogP contribution in [0.1, 0.15) is 20.3 Å². The number of hydrogen-bond donors (Lipinski definition) is 2. The summed E-state index contributed by atoms with van der Waals surface area (Å²) in [6.45, 7) is 3.32. The molecule has 0 aromatic heterocycles. The second-order valence-electron chi connectivity index (χ2n) is 2.44. The smallest absolute Gasteiger partial charge is 0.325 e. The predicted octanol–water partition coefficient (Wildman–Crippen LogP) is -0.352. The Bertz CT molecular complexity index is 127. The molecule has 4 nitrogen and oxygen atoms in total. The number of hydrogen-bond acceptors (Lipinski definition) is 4. The molecule has 0 unspecified atom stereocenters. The van der Waals surface area contributed by atoms with Gasteiger partial charge in [0.1, 0.15) is 6.04 Å². The Balaban J connectivity index is 3.68. The number of carbonyl (C=O) groups excluding carboxylic acids is 1. The molecule has 0 saturated heterocycles. The highest BCUT2D eigenvalue weighted by molar-refractivity contribution is 5.75. The minimum Gasteiger partial charge on any atom is -0.461 e. The minimum atomic E-state index is -0.899. The highest BCUT2D eigenvalue weighted by atomic mass is 16.5. The van der Waals surface area contributed by atoms with Crippen molar-refractivity contribution in [1.29, 1.82) is 0 Å². The lowest BCUT2D eigenvalue weighted by molar-refractivity contribution is -0.150. The van der Waals surface area contributed by atoms with Crippen LogP contribution in [-0.2, 0) is 9.53 Å². The van der Waals surface area contributed by atoms with Crippen molar-refractivity contribution in [2.45, 2.75) is 32.4 Å². The lowest BCUT2D eigenvalue weighted by atomic mass is 10.3. The van der Waals surface area contributed by atoms with E-state index in [-0.39, 0.29) is 12.7 Å². The van der Waals surface area contributed by atoms with Gasteiger partial charge in [0.15, 0.2) is 0 Å². The standard InChI is InChI=1S/C7H15NO3/c1-3-5(2)11-7(10)6(8)4-9/h5-6,9H,3-4,8H2,1-2H3/t5-,6-/m1/s1. The highest BCUT2D eigenvalue weighted by Crippen LogP contribution is 1.97. The number of carbonyl (C=O) groups is 1. The van der Waals surface area contributed by atoms with Gasteiger partial charge in [0.05, 0.1) is 12.7 Å². The molecule has 0 fully saturated rings. The third-order valence-electron chi connectivity index (χ3n) is 1.39. The van der Waals surface area contributed by atoms with E-state index in [2.05, 4.69) is 0 Å². The molecule has 0 aromatic carbocycles. The first-order chi connectivity index (χ1) is 5.11. The van der Waals surface area contributed by atoms with E-state index in [0.717, 1.165) is 6.42 Å². The van der Waals surface area contributed by atoms with Crippen molar-refractivity contribution in [2.24, 2.45) is 5.73 Å². The third-order valence-corrected chi connectivity index (χ3v) is 1.39. The quantitative estimate of drug-likeness (QED) is 0.553. The average Bonchev–Trinajstić information content (AvgIpc) is 2.02. The molecular formula is C7H15NO3. The van der Waals surface area contributed by atoms with Gasteiger partial charge in [-0.2, -0.15) is 0 Å². The van der Waals surface area contributed by atoms with Gasteiger partial charge in [-0.15, -0.1) is 0 Å². The molecule has 3 N–H and O–H groups in total. The number of rotatable bonds is 4. The van der Waals surface area contributed by atoms with Crippen LogP contribution in [0.4, 0.5) is 0 Å². The molecule has 0 saturated carbocycles. The van der Waals surface area contributed by atoms with Crippen LogP contribution in [-0.4, -0.2) is 29.8 Å². The van der Waals surface area contributed by atoms with Gasteiger partial charge in [-0.25, -0.2) is 0 Å². The van der Waals surface area contributed by atoms with Crippen molar-refractivity contribution in [3.8, 4) is 0 Å². The van der Waals surface area contributed by atoms with Gasteiger partial charge in [0.25, 0.3) is 0 Å². The van der Waals surface area contributed by atoms with E-state index in [9.17, 15) is 4.79 Å². The number of aliphatic hydroxyl groups is 1. The van der Waals surface area contributed by atoms with Gasteiger partial charge < -0.3 is 15.6 Å². The maximum atomic E-state index is 10.8. The molecule has 66 valence electrons. The van der Waals surface area contributed by atoms with Crippen molar-refractivity contribution in [1.82, 2.24) is 0 Å². The zero-order chi connectivity index (χ0) is 8.85. The maximum Gasteiger partial charge on any atom is 0.325 e. The first-order valence-corrected chi connectivity index (χ1v) is 3.68. The van der Waals surface area contributed by atoms with E-state index in [0.29, 0.717) is 0 Å². The summed E-state index contributed by atoms with van der Waals surface area (Å²) in [5.74, 6) is -0.540. The molecule has 0 amide bonds. The molecule has 0 heterocycles. The third kappa shape index (κ3) is 3.95. The first-order valence-electron chi connectivity index (χ1n) is 3.68. The van der Waals surface area contributed by atoms with Crippen molar-refractivity contribution in [2.75, 3.05) is 6.61 Å². The fraction of sp³-hybridized carbons (Fsp3) is 0.857. The maximum absolute atomic E-state index is 10.8. The molecule has 0 aliphatic heterocycles. The number of esters is 1. The van der Waals surface area contributed by atoms with E-state index in [4.69, 9.17) is 15.6 Å². The molecule has 4 heteroatoms. The zero-order valence-corrected chi connectivity index (χ0v) is 6.91. The molecule has 11 heavy (non-hydrogen) atoms. The Morgan fingerprint density at radius 2 is 2.27 bits per heavy atom. The van der Waals surface area contributed by atoms with Gasteiger partial charge in [0, 0.05) is 0 Å². The zero-order valence-electron chi connectivity index (χ0n) is 6.91. The Morgan fingerprint density at radius 3 is 2.64 bits per heavy atom. The summed E-state index contributed by atoms with van der Waals surface area (Å²) in [6, 6.07) is -0.899. The van der Waals surface area contributed by atoms with Gasteiger partial charge >= 0.3 is 5.97 Å².